The molecule has 2 amide bonds. The number of carbonyl (C=O) groups excluding carboxylic acids is 3. The second kappa shape index (κ2) is 8.55. The summed E-state index contributed by atoms with van der Waals surface area (Å²) in [4.78, 5) is 40.9. The number of nitrogens with zero attached hydrogens (tertiary/aromatic N) is 2. The number of ether oxygens (including phenoxy) is 1. The number of piperidine rings is 1. The summed E-state index contributed by atoms with van der Waals surface area (Å²) in [6.45, 7) is 5.68. The van der Waals surface area contributed by atoms with Crippen molar-refractivity contribution in [3.63, 3.8) is 0 Å². The fourth-order valence-corrected chi connectivity index (χ4v) is 3.92. The number of carbonyl (C=O) groups is 3. The Kier molecular flexibility index (Phi) is 6.14. The molecule has 6 heteroatoms. The second-order valence-corrected chi connectivity index (χ2v) is 7.30. The van der Waals surface area contributed by atoms with Gasteiger partial charge in [-0.25, -0.2) is 0 Å². The first-order chi connectivity index (χ1) is 13.0. The van der Waals surface area contributed by atoms with Crippen molar-refractivity contribution >= 4 is 23.5 Å². The summed E-state index contributed by atoms with van der Waals surface area (Å²) < 4.78 is 5.11. The number of benzene rings is 1. The third kappa shape index (κ3) is 4.31. The molecule has 27 heavy (non-hydrogen) atoms. The predicted molar refractivity (Wildman–Crippen MR) is 102 cm³/mol. The topological polar surface area (TPSA) is 66.9 Å². The summed E-state index contributed by atoms with van der Waals surface area (Å²) >= 11 is 0. The number of likely N-dealkylation sites (tertiary alicyclic amines) is 1. The van der Waals surface area contributed by atoms with E-state index in [1.54, 1.807) is 16.7 Å². The Balaban J connectivity index is 1.63. The van der Waals surface area contributed by atoms with Gasteiger partial charge in [-0.15, -0.1) is 0 Å². The van der Waals surface area contributed by atoms with Gasteiger partial charge in [0.25, 0.3) is 0 Å². The molecule has 0 bridgehead atoms. The highest BCUT2D eigenvalue weighted by molar-refractivity contribution is 6.00. The molecular weight excluding hydrogens is 344 g/mol. The molecule has 1 aromatic carbocycles. The van der Waals surface area contributed by atoms with E-state index in [-0.39, 0.29) is 36.0 Å². The summed E-state index contributed by atoms with van der Waals surface area (Å²) in [5.41, 5.74) is 2.06. The molecule has 0 radical (unpaired) electrons. The highest BCUT2D eigenvalue weighted by Gasteiger charge is 2.39. The van der Waals surface area contributed by atoms with Crippen molar-refractivity contribution in [2.75, 3.05) is 31.1 Å². The largest absolute Gasteiger partial charge is 0.466 e. The van der Waals surface area contributed by atoms with Crippen LogP contribution in [0.3, 0.4) is 0 Å². The van der Waals surface area contributed by atoms with E-state index in [4.69, 9.17) is 4.74 Å². The van der Waals surface area contributed by atoms with Crippen LogP contribution in [0.1, 0.15) is 38.7 Å². The number of esters is 1. The van der Waals surface area contributed by atoms with Crippen LogP contribution in [-0.4, -0.2) is 48.9 Å². The van der Waals surface area contributed by atoms with Gasteiger partial charge in [0.05, 0.1) is 18.4 Å². The molecule has 2 atom stereocenters. The van der Waals surface area contributed by atoms with E-state index in [0.717, 1.165) is 24.9 Å². The summed E-state index contributed by atoms with van der Waals surface area (Å²) in [6.07, 6.45) is 2.72. The number of aryl methyl sites for hydroxylation is 1. The van der Waals surface area contributed by atoms with Gasteiger partial charge in [-0.05, 0) is 43.9 Å². The third-order valence-electron chi connectivity index (χ3n) is 5.48. The molecule has 2 fully saturated rings. The number of anilines is 1. The van der Waals surface area contributed by atoms with E-state index in [1.807, 2.05) is 24.3 Å². The maximum absolute atomic E-state index is 12.9. The van der Waals surface area contributed by atoms with Gasteiger partial charge in [-0.2, -0.15) is 0 Å². The highest BCUT2D eigenvalue weighted by atomic mass is 16.5. The van der Waals surface area contributed by atoms with Crippen LogP contribution in [0.25, 0.3) is 0 Å². The van der Waals surface area contributed by atoms with E-state index in [2.05, 4.69) is 6.92 Å². The van der Waals surface area contributed by atoms with E-state index in [1.165, 1.54) is 5.56 Å². The maximum Gasteiger partial charge on any atom is 0.310 e. The summed E-state index contributed by atoms with van der Waals surface area (Å²) in [6, 6.07) is 7.93. The van der Waals surface area contributed by atoms with E-state index < -0.39 is 0 Å². The zero-order valence-electron chi connectivity index (χ0n) is 16.1. The molecule has 0 spiro atoms. The fourth-order valence-electron chi connectivity index (χ4n) is 3.92. The van der Waals surface area contributed by atoms with Crippen LogP contribution < -0.4 is 4.90 Å². The normalized spacial score (nSPS) is 22.8. The highest BCUT2D eigenvalue weighted by Crippen LogP contribution is 2.28. The average molecular weight is 372 g/mol. The van der Waals surface area contributed by atoms with Crippen molar-refractivity contribution in [1.29, 1.82) is 0 Å². The van der Waals surface area contributed by atoms with Crippen LogP contribution in [0.5, 0.6) is 0 Å². The van der Waals surface area contributed by atoms with Crippen LogP contribution >= 0.6 is 0 Å². The van der Waals surface area contributed by atoms with Gasteiger partial charge in [0.15, 0.2) is 0 Å². The molecule has 0 aliphatic carbocycles. The molecule has 6 nitrogen and oxygen atoms in total. The SMILES string of the molecule is CCOC(=O)[C@@H]1CCCN(C(=O)[C@H]2CC(=O)N(c3ccc(CC)cc3)C2)C1. The van der Waals surface area contributed by atoms with Gasteiger partial charge in [-0.3, -0.25) is 14.4 Å². The molecular formula is C21H28N2O4. The standard InChI is InChI=1S/C21H28N2O4/c1-3-15-7-9-18(10-8-15)23-14-17(12-19(23)24)20(25)22-11-5-6-16(13-22)21(26)27-4-2/h7-10,16-17H,3-6,11-14H2,1-2H3/t16-,17+/m1/s1. The molecule has 2 heterocycles. The molecule has 2 aliphatic rings. The molecule has 2 saturated heterocycles. The van der Waals surface area contributed by atoms with Gasteiger partial charge in [-0.1, -0.05) is 19.1 Å². The van der Waals surface area contributed by atoms with Gasteiger partial charge in [0, 0.05) is 31.7 Å². The van der Waals surface area contributed by atoms with E-state index in [0.29, 0.717) is 26.2 Å². The zero-order chi connectivity index (χ0) is 19.4. The first-order valence-corrected chi connectivity index (χ1v) is 9.88. The van der Waals surface area contributed by atoms with Gasteiger partial charge < -0.3 is 14.5 Å². The van der Waals surface area contributed by atoms with Crippen molar-refractivity contribution in [3.05, 3.63) is 29.8 Å². The van der Waals surface area contributed by atoms with Crippen molar-refractivity contribution in [1.82, 2.24) is 4.90 Å². The summed E-state index contributed by atoms with van der Waals surface area (Å²) in [5, 5.41) is 0. The molecule has 146 valence electrons. The maximum atomic E-state index is 12.9. The van der Waals surface area contributed by atoms with Crippen LogP contribution in [0, 0.1) is 11.8 Å². The fraction of sp³-hybridized carbons (Fsp3) is 0.571. The lowest BCUT2D eigenvalue weighted by Gasteiger charge is -2.33. The summed E-state index contributed by atoms with van der Waals surface area (Å²) in [5.74, 6) is -0.863. The van der Waals surface area contributed by atoms with Gasteiger partial charge in [0.2, 0.25) is 11.8 Å². The Labute approximate surface area is 160 Å². The minimum absolute atomic E-state index is 0.0171. The van der Waals surface area contributed by atoms with Crippen molar-refractivity contribution in [3.8, 4) is 0 Å². The number of amides is 2. The molecule has 1 aromatic rings. The Morgan fingerprint density at radius 3 is 2.52 bits per heavy atom. The molecule has 2 aliphatic heterocycles. The molecule has 0 N–H and O–H groups in total. The summed E-state index contributed by atoms with van der Waals surface area (Å²) in [7, 11) is 0. The first kappa shape index (κ1) is 19.4. The first-order valence-electron chi connectivity index (χ1n) is 9.88. The predicted octanol–water partition coefficient (Wildman–Crippen LogP) is 2.40. The smallest absolute Gasteiger partial charge is 0.310 e. The van der Waals surface area contributed by atoms with Crippen LogP contribution in [0.15, 0.2) is 24.3 Å². The zero-order valence-corrected chi connectivity index (χ0v) is 16.1. The van der Waals surface area contributed by atoms with Gasteiger partial charge >= 0.3 is 5.97 Å². The Hall–Kier alpha value is -2.37. The lowest BCUT2D eigenvalue weighted by molar-refractivity contribution is -0.152. The minimum Gasteiger partial charge on any atom is -0.466 e. The Bertz CT molecular complexity index is 701. The lowest BCUT2D eigenvalue weighted by atomic mass is 9.96. The monoisotopic (exact) mass is 372 g/mol. The molecule has 3 rings (SSSR count). The van der Waals surface area contributed by atoms with Crippen molar-refractivity contribution < 1.29 is 19.1 Å². The molecule has 0 saturated carbocycles. The lowest BCUT2D eigenvalue weighted by Crippen LogP contribution is -2.45. The Morgan fingerprint density at radius 2 is 1.85 bits per heavy atom. The average Bonchev–Trinajstić information content (AvgIpc) is 3.09. The number of hydrogen-bond donors (Lipinski definition) is 0. The number of rotatable bonds is 5. The second-order valence-electron chi connectivity index (χ2n) is 7.30. The molecule has 0 unspecified atom stereocenters. The molecule has 0 aromatic heterocycles. The van der Waals surface area contributed by atoms with Crippen molar-refractivity contribution in [2.45, 2.75) is 39.5 Å². The van der Waals surface area contributed by atoms with Gasteiger partial charge in [0.1, 0.15) is 0 Å². The van der Waals surface area contributed by atoms with E-state index >= 15 is 0 Å². The van der Waals surface area contributed by atoms with Crippen molar-refractivity contribution in [2.24, 2.45) is 11.8 Å². The van der Waals surface area contributed by atoms with Crippen LogP contribution in [0.4, 0.5) is 5.69 Å². The van der Waals surface area contributed by atoms with Crippen LogP contribution in [-0.2, 0) is 25.5 Å². The Morgan fingerprint density at radius 1 is 1.11 bits per heavy atom. The van der Waals surface area contributed by atoms with E-state index in [9.17, 15) is 14.4 Å². The third-order valence-corrected chi connectivity index (χ3v) is 5.48. The number of hydrogen-bond acceptors (Lipinski definition) is 4. The van der Waals surface area contributed by atoms with Crippen LogP contribution in [0.2, 0.25) is 0 Å². The minimum atomic E-state index is -0.343. The quantitative estimate of drug-likeness (QED) is 0.745.